The van der Waals surface area contributed by atoms with Crippen LogP contribution < -0.4 is 20.1 Å². The molecule has 118 valence electrons. The first-order valence-electron chi connectivity index (χ1n) is 7.24. The van der Waals surface area contributed by atoms with E-state index in [1.807, 2.05) is 25.1 Å². The molecule has 0 aliphatic carbocycles. The lowest BCUT2D eigenvalue weighted by molar-refractivity contribution is -0.121. The summed E-state index contributed by atoms with van der Waals surface area (Å²) >= 11 is 0. The zero-order chi connectivity index (χ0) is 15.8. The van der Waals surface area contributed by atoms with Crippen LogP contribution in [0.2, 0.25) is 0 Å². The minimum absolute atomic E-state index is 0.0273. The van der Waals surface area contributed by atoms with Gasteiger partial charge in [0.25, 0.3) is 0 Å². The van der Waals surface area contributed by atoms with Gasteiger partial charge < -0.3 is 20.1 Å². The van der Waals surface area contributed by atoms with Crippen molar-refractivity contribution in [2.75, 3.05) is 26.1 Å². The van der Waals surface area contributed by atoms with Crippen LogP contribution in [0, 0.1) is 5.92 Å². The zero-order valence-electron chi connectivity index (χ0n) is 13.5. The van der Waals surface area contributed by atoms with E-state index in [-0.39, 0.29) is 11.9 Å². The molecule has 0 saturated heterocycles. The normalized spacial score (nSPS) is 11.9. The van der Waals surface area contributed by atoms with Gasteiger partial charge >= 0.3 is 0 Å². The number of rotatable bonds is 8. The summed E-state index contributed by atoms with van der Waals surface area (Å²) in [6.45, 7) is 6.78. The van der Waals surface area contributed by atoms with Crippen molar-refractivity contribution in [2.24, 2.45) is 5.92 Å². The molecular formula is C16H26N2O3. The molecule has 1 aromatic carbocycles. The predicted octanol–water partition coefficient (Wildman–Crippen LogP) is 2.67. The van der Waals surface area contributed by atoms with Crippen molar-refractivity contribution in [3.63, 3.8) is 0 Å². The molecule has 21 heavy (non-hydrogen) atoms. The van der Waals surface area contributed by atoms with Crippen LogP contribution in [0.4, 0.5) is 5.69 Å². The summed E-state index contributed by atoms with van der Waals surface area (Å²) in [7, 11) is 3.20. The Bertz CT molecular complexity index is 461. The molecule has 0 bridgehead atoms. The standard InChI is InChI=1S/C16H26N2O3/c1-11(2)8-9-17-16(19)12(3)18-14-10-13(20-4)6-7-15(14)21-5/h6-7,10-12,18H,8-9H2,1-5H3,(H,17,19). The highest BCUT2D eigenvalue weighted by Crippen LogP contribution is 2.29. The number of carbonyl (C=O) groups is 1. The largest absolute Gasteiger partial charge is 0.497 e. The van der Waals surface area contributed by atoms with Gasteiger partial charge in [-0.3, -0.25) is 4.79 Å². The lowest BCUT2D eigenvalue weighted by atomic mass is 10.1. The molecule has 0 fully saturated rings. The van der Waals surface area contributed by atoms with Crippen LogP contribution in [0.25, 0.3) is 0 Å². The van der Waals surface area contributed by atoms with Gasteiger partial charge in [0.2, 0.25) is 5.91 Å². The van der Waals surface area contributed by atoms with E-state index in [1.165, 1.54) is 0 Å². The van der Waals surface area contributed by atoms with E-state index in [0.29, 0.717) is 24.0 Å². The lowest BCUT2D eigenvalue weighted by Gasteiger charge is -2.18. The Kier molecular flexibility index (Phi) is 6.85. The Morgan fingerprint density at radius 3 is 2.48 bits per heavy atom. The number of nitrogens with one attached hydrogen (secondary N) is 2. The first-order valence-corrected chi connectivity index (χ1v) is 7.24. The van der Waals surface area contributed by atoms with Gasteiger partial charge in [0.1, 0.15) is 17.5 Å². The SMILES string of the molecule is COc1ccc(OC)c(NC(C)C(=O)NCCC(C)C)c1. The molecule has 0 aliphatic heterocycles. The van der Waals surface area contributed by atoms with Crippen molar-refractivity contribution in [1.29, 1.82) is 0 Å². The van der Waals surface area contributed by atoms with Gasteiger partial charge in [0.15, 0.2) is 0 Å². The maximum Gasteiger partial charge on any atom is 0.242 e. The van der Waals surface area contributed by atoms with E-state index < -0.39 is 0 Å². The number of amides is 1. The summed E-state index contributed by atoms with van der Waals surface area (Å²) in [6.07, 6.45) is 0.973. The van der Waals surface area contributed by atoms with Crippen molar-refractivity contribution in [1.82, 2.24) is 5.32 Å². The monoisotopic (exact) mass is 294 g/mol. The smallest absolute Gasteiger partial charge is 0.242 e. The quantitative estimate of drug-likeness (QED) is 0.774. The molecule has 0 aromatic heterocycles. The second-order valence-electron chi connectivity index (χ2n) is 5.41. The van der Waals surface area contributed by atoms with E-state index in [0.717, 1.165) is 12.1 Å². The highest BCUT2D eigenvalue weighted by molar-refractivity contribution is 5.84. The molecule has 0 spiro atoms. The maximum atomic E-state index is 12.0. The third kappa shape index (κ3) is 5.53. The summed E-state index contributed by atoms with van der Waals surface area (Å²) in [5, 5.41) is 6.08. The second kappa shape index (κ2) is 8.39. The molecule has 0 saturated carbocycles. The van der Waals surface area contributed by atoms with Crippen molar-refractivity contribution >= 4 is 11.6 Å². The number of hydrogen-bond donors (Lipinski definition) is 2. The van der Waals surface area contributed by atoms with Gasteiger partial charge in [-0.25, -0.2) is 0 Å². The van der Waals surface area contributed by atoms with E-state index in [2.05, 4.69) is 24.5 Å². The van der Waals surface area contributed by atoms with E-state index in [1.54, 1.807) is 14.2 Å². The molecule has 1 amide bonds. The summed E-state index contributed by atoms with van der Waals surface area (Å²) in [4.78, 5) is 12.0. The van der Waals surface area contributed by atoms with Crippen molar-refractivity contribution in [2.45, 2.75) is 33.2 Å². The minimum Gasteiger partial charge on any atom is -0.497 e. The molecule has 0 heterocycles. The average Bonchev–Trinajstić information content (AvgIpc) is 2.46. The van der Waals surface area contributed by atoms with Crippen molar-refractivity contribution in [3.8, 4) is 11.5 Å². The number of carbonyl (C=O) groups excluding carboxylic acids is 1. The minimum atomic E-state index is -0.349. The Morgan fingerprint density at radius 2 is 1.90 bits per heavy atom. The van der Waals surface area contributed by atoms with Crippen LogP contribution in [0.5, 0.6) is 11.5 Å². The van der Waals surface area contributed by atoms with Crippen LogP contribution in [-0.4, -0.2) is 32.7 Å². The molecule has 5 heteroatoms. The van der Waals surface area contributed by atoms with Crippen LogP contribution in [-0.2, 0) is 4.79 Å². The molecule has 1 unspecified atom stereocenters. The fourth-order valence-electron chi connectivity index (χ4n) is 1.86. The maximum absolute atomic E-state index is 12.0. The summed E-state index contributed by atoms with van der Waals surface area (Å²) < 4.78 is 10.5. The molecular weight excluding hydrogens is 268 g/mol. The Labute approximate surface area is 127 Å². The fourth-order valence-corrected chi connectivity index (χ4v) is 1.86. The molecule has 2 N–H and O–H groups in total. The Balaban J connectivity index is 2.64. The Hall–Kier alpha value is -1.91. The number of anilines is 1. The number of hydrogen-bond acceptors (Lipinski definition) is 4. The van der Waals surface area contributed by atoms with Crippen LogP contribution in [0.3, 0.4) is 0 Å². The summed E-state index contributed by atoms with van der Waals surface area (Å²) in [6, 6.07) is 5.09. The second-order valence-corrected chi connectivity index (χ2v) is 5.41. The van der Waals surface area contributed by atoms with E-state index in [4.69, 9.17) is 9.47 Å². The van der Waals surface area contributed by atoms with Gasteiger partial charge in [0, 0.05) is 12.6 Å². The van der Waals surface area contributed by atoms with Crippen molar-refractivity contribution in [3.05, 3.63) is 18.2 Å². The molecule has 5 nitrogen and oxygen atoms in total. The van der Waals surface area contributed by atoms with Gasteiger partial charge in [0.05, 0.1) is 19.9 Å². The highest BCUT2D eigenvalue weighted by atomic mass is 16.5. The van der Waals surface area contributed by atoms with Crippen molar-refractivity contribution < 1.29 is 14.3 Å². The average molecular weight is 294 g/mol. The van der Waals surface area contributed by atoms with Crippen LogP contribution >= 0.6 is 0 Å². The van der Waals surface area contributed by atoms with Crippen LogP contribution in [0.15, 0.2) is 18.2 Å². The van der Waals surface area contributed by atoms with Crippen LogP contribution in [0.1, 0.15) is 27.2 Å². The molecule has 1 aromatic rings. The first kappa shape index (κ1) is 17.1. The number of methoxy groups -OCH3 is 2. The summed E-state index contributed by atoms with van der Waals surface area (Å²) in [5.74, 6) is 1.94. The predicted molar refractivity (Wildman–Crippen MR) is 85.1 cm³/mol. The first-order chi connectivity index (χ1) is 9.97. The molecule has 1 rings (SSSR count). The van der Waals surface area contributed by atoms with Gasteiger partial charge in [-0.2, -0.15) is 0 Å². The van der Waals surface area contributed by atoms with E-state index in [9.17, 15) is 4.79 Å². The molecule has 0 radical (unpaired) electrons. The molecule has 0 aliphatic rings. The zero-order valence-corrected chi connectivity index (χ0v) is 13.5. The third-order valence-electron chi connectivity index (χ3n) is 3.19. The number of ether oxygens (including phenoxy) is 2. The highest BCUT2D eigenvalue weighted by Gasteiger charge is 2.15. The van der Waals surface area contributed by atoms with E-state index >= 15 is 0 Å². The summed E-state index contributed by atoms with van der Waals surface area (Å²) in [5.41, 5.74) is 0.739. The Morgan fingerprint density at radius 1 is 1.19 bits per heavy atom. The third-order valence-corrected chi connectivity index (χ3v) is 3.19. The van der Waals surface area contributed by atoms with Gasteiger partial charge in [-0.1, -0.05) is 13.8 Å². The number of benzene rings is 1. The molecule has 1 atom stereocenters. The van der Waals surface area contributed by atoms with Gasteiger partial charge in [-0.05, 0) is 31.4 Å². The lowest BCUT2D eigenvalue weighted by Crippen LogP contribution is -2.38. The fraction of sp³-hybridized carbons (Fsp3) is 0.562. The van der Waals surface area contributed by atoms with Gasteiger partial charge in [-0.15, -0.1) is 0 Å². The topological polar surface area (TPSA) is 59.6 Å².